The van der Waals surface area contributed by atoms with Gasteiger partial charge in [-0.3, -0.25) is 14.3 Å². The van der Waals surface area contributed by atoms with Crippen molar-refractivity contribution in [2.45, 2.75) is 51.9 Å². The lowest BCUT2D eigenvalue weighted by Gasteiger charge is -2.23. The quantitative estimate of drug-likeness (QED) is 0.759. The molecule has 2 aliphatic heterocycles. The van der Waals surface area contributed by atoms with Gasteiger partial charge in [-0.2, -0.15) is 5.10 Å². The number of rotatable bonds is 6. The zero-order valence-electron chi connectivity index (χ0n) is 13.5. The van der Waals surface area contributed by atoms with Crippen molar-refractivity contribution >= 4 is 11.9 Å². The lowest BCUT2D eigenvalue weighted by molar-refractivity contribution is -0.147. The summed E-state index contributed by atoms with van der Waals surface area (Å²) in [5.41, 5.74) is 2.08. The van der Waals surface area contributed by atoms with E-state index in [1.54, 1.807) is 0 Å². The number of carbonyl (C=O) groups is 2. The maximum atomic E-state index is 12.4. The highest BCUT2D eigenvalue weighted by molar-refractivity contribution is 5.86. The predicted molar refractivity (Wildman–Crippen MR) is 81.8 cm³/mol. The van der Waals surface area contributed by atoms with E-state index >= 15 is 0 Å². The van der Waals surface area contributed by atoms with Gasteiger partial charge in [0, 0.05) is 18.8 Å². The van der Waals surface area contributed by atoms with Gasteiger partial charge in [-0.1, -0.05) is 0 Å². The van der Waals surface area contributed by atoms with Crippen LogP contribution in [0.1, 0.15) is 30.7 Å². The fourth-order valence-electron chi connectivity index (χ4n) is 3.78. The SMILES string of the molecule is Cc1cc(C)n(CCCNC(=O)[C@H]2[C@@H](C(=O)O)[C@H]3CC[C@H]2O3)n1. The van der Waals surface area contributed by atoms with Crippen LogP contribution in [-0.2, 0) is 20.9 Å². The maximum absolute atomic E-state index is 12.4. The molecule has 3 heterocycles. The number of carbonyl (C=O) groups excluding carboxylic acids is 1. The first-order valence-electron chi connectivity index (χ1n) is 8.14. The van der Waals surface area contributed by atoms with Crippen molar-refractivity contribution in [3.8, 4) is 0 Å². The Morgan fingerprint density at radius 3 is 2.65 bits per heavy atom. The van der Waals surface area contributed by atoms with Crippen molar-refractivity contribution in [1.82, 2.24) is 15.1 Å². The molecule has 4 atom stereocenters. The van der Waals surface area contributed by atoms with Gasteiger partial charge in [0.1, 0.15) is 0 Å². The number of hydrogen-bond acceptors (Lipinski definition) is 4. The van der Waals surface area contributed by atoms with E-state index in [0.717, 1.165) is 37.2 Å². The highest BCUT2D eigenvalue weighted by atomic mass is 16.5. The average molecular weight is 321 g/mol. The van der Waals surface area contributed by atoms with Crippen molar-refractivity contribution in [2.24, 2.45) is 11.8 Å². The standard InChI is InChI=1S/C16H23N3O4/c1-9-8-10(2)19(18-9)7-3-6-17-15(20)13-11-4-5-12(23-11)14(13)16(21)22/h8,11-14H,3-7H2,1-2H3,(H,17,20)(H,21,22)/t11-,12-,13-,14+/m1/s1. The lowest BCUT2D eigenvalue weighted by Crippen LogP contribution is -2.44. The molecule has 2 saturated heterocycles. The third-order valence-electron chi connectivity index (χ3n) is 4.81. The Morgan fingerprint density at radius 2 is 2.04 bits per heavy atom. The molecule has 2 fully saturated rings. The van der Waals surface area contributed by atoms with Gasteiger partial charge in [-0.15, -0.1) is 0 Å². The van der Waals surface area contributed by atoms with Crippen molar-refractivity contribution < 1.29 is 19.4 Å². The lowest BCUT2D eigenvalue weighted by atomic mass is 9.79. The van der Waals surface area contributed by atoms with E-state index in [1.165, 1.54) is 0 Å². The van der Waals surface area contributed by atoms with Gasteiger partial charge in [0.05, 0.1) is 29.7 Å². The zero-order chi connectivity index (χ0) is 16.6. The second kappa shape index (κ2) is 6.31. The monoisotopic (exact) mass is 321 g/mol. The first-order valence-corrected chi connectivity index (χ1v) is 8.14. The van der Waals surface area contributed by atoms with E-state index in [9.17, 15) is 14.7 Å². The average Bonchev–Trinajstić information content (AvgIpc) is 3.17. The number of carboxylic acids is 1. The fourth-order valence-corrected chi connectivity index (χ4v) is 3.78. The number of carboxylic acid groups (broad SMARTS) is 1. The number of fused-ring (bicyclic) bond motifs is 2. The van der Waals surface area contributed by atoms with Gasteiger partial charge in [-0.05, 0) is 39.2 Å². The molecule has 2 bridgehead atoms. The number of nitrogens with one attached hydrogen (secondary N) is 1. The van der Waals surface area contributed by atoms with Gasteiger partial charge in [0.25, 0.3) is 0 Å². The molecule has 0 radical (unpaired) electrons. The zero-order valence-corrected chi connectivity index (χ0v) is 13.5. The van der Waals surface area contributed by atoms with Crippen LogP contribution >= 0.6 is 0 Å². The third kappa shape index (κ3) is 3.10. The predicted octanol–water partition coefficient (Wildman–Crippen LogP) is 0.884. The maximum Gasteiger partial charge on any atom is 0.310 e. The smallest absolute Gasteiger partial charge is 0.310 e. The number of nitrogens with zero attached hydrogens (tertiary/aromatic N) is 2. The Hall–Kier alpha value is -1.89. The van der Waals surface area contributed by atoms with E-state index in [1.807, 2.05) is 24.6 Å². The Morgan fingerprint density at radius 1 is 1.35 bits per heavy atom. The number of amides is 1. The molecule has 1 aromatic heterocycles. The molecule has 1 amide bonds. The second-order valence-corrected chi connectivity index (χ2v) is 6.47. The molecule has 1 aromatic rings. The minimum Gasteiger partial charge on any atom is -0.481 e. The molecular formula is C16H23N3O4. The summed E-state index contributed by atoms with van der Waals surface area (Å²) in [6, 6.07) is 2.02. The first kappa shape index (κ1) is 16.0. The molecule has 2 N–H and O–H groups in total. The van der Waals surface area contributed by atoms with Crippen molar-refractivity contribution in [1.29, 1.82) is 0 Å². The summed E-state index contributed by atoms with van der Waals surface area (Å²) in [5, 5.41) is 16.6. The number of hydrogen-bond donors (Lipinski definition) is 2. The summed E-state index contributed by atoms with van der Waals surface area (Å²) >= 11 is 0. The Kier molecular flexibility index (Phi) is 4.39. The minimum atomic E-state index is -0.931. The molecule has 3 rings (SSSR count). The van der Waals surface area contributed by atoms with Crippen molar-refractivity contribution in [3.63, 3.8) is 0 Å². The van der Waals surface area contributed by atoms with Gasteiger partial charge < -0.3 is 15.2 Å². The van der Waals surface area contributed by atoms with E-state index in [-0.39, 0.29) is 18.1 Å². The van der Waals surface area contributed by atoms with Crippen LogP contribution in [0.15, 0.2) is 6.07 Å². The number of aromatic nitrogens is 2. The van der Waals surface area contributed by atoms with Crippen LogP contribution in [0.25, 0.3) is 0 Å². The first-order chi connectivity index (χ1) is 11.0. The molecule has 0 spiro atoms. The normalized spacial score (nSPS) is 29.0. The summed E-state index contributed by atoms with van der Waals surface area (Å²) in [6.07, 6.45) is 1.73. The highest BCUT2D eigenvalue weighted by Gasteiger charge is 2.55. The van der Waals surface area contributed by atoms with E-state index in [2.05, 4.69) is 10.4 Å². The van der Waals surface area contributed by atoms with Crippen LogP contribution in [0, 0.1) is 25.7 Å². The van der Waals surface area contributed by atoms with Crippen LogP contribution < -0.4 is 5.32 Å². The van der Waals surface area contributed by atoms with Gasteiger partial charge in [-0.25, -0.2) is 0 Å². The van der Waals surface area contributed by atoms with Crippen LogP contribution in [-0.4, -0.2) is 45.5 Å². The molecule has 23 heavy (non-hydrogen) atoms. The minimum absolute atomic E-state index is 0.196. The van der Waals surface area contributed by atoms with Gasteiger partial charge in [0.2, 0.25) is 5.91 Å². The molecule has 7 nitrogen and oxygen atoms in total. The highest BCUT2D eigenvalue weighted by Crippen LogP contribution is 2.43. The van der Waals surface area contributed by atoms with Crippen LogP contribution in [0.4, 0.5) is 0 Å². The molecule has 7 heteroatoms. The summed E-state index contributed by atoms with van der Waals surface area (Å²) in [4.78, 5) is 23.7. The largest absolute Gasteiger partial charge is 0.481 e. The summed E-state index contributed by atoms with van der Waals surface area (Å²) in [7, 11) is 0. The number of ether oxygens (including phenoxy) is 1. The third-order valence-corrected chi connectivity index (χ3v) is 4.81. The van der Waals surface area contributed by atoms with Crippen LogP contribution in [0.5, 0.6) is 0 Å². The summed E-state index contributed by atoms with van der Waals surface area (Å²) < 4.78 is 7.54. The van der Waals surface area contributed by atoms with E-state index in [4.69, 9.17) is 4.74 Å². The Labute approximate surface area is 135 Å². The topological polar surface area (TPSA) is 93.5 Å². The van der Waals surface area contributed by atoms with E-state index < -0.39 is 17.8 Å². The molecule has 126 valence electrons. The second-order valence-electron chi connectivity index (χ2n) is 6.47. The molecule has 2 aliphatic rings. The molecular weight excluding hydrogens is 298 g/mol. The number of aliphatic carboxylic acids is 1. The van der Waals surface area contributed by atoms with Crippen LogP contribution in [0.3, 0.4) is 0 Å². The summed E-state index contributed by atoms with van der Waals surface area (Å²) in [5.74, 6) is -2.39. The van der Waals surface area contributed by atoms with Crippen molar-refractivity contribution in [3.05, 3.63) is 17.5 Å². The van der Waals surface area contributed by atoms with Crippen LogP contribution in [0.2, 0.25) is 0 Å². The molecule has 0 aliphatic carbocycles. The summed E-state index contributed by atoms with van der Waals surface area (Å²) in [6.45, 7) is 5.20. The van der Waals surface area contributed by atoms with E-state index in [0.29, 0.717) is 6.54 Å². The number of aryl methyl sites for hydroxylation is 3. The van der Waals surface area contributed by atoms with Crippen molar-refractivity contribution in [2.75, 3.05) is 6.54 Å². The Bertz CT molecular complexity index is 612. The van der Waals surface area contributed by atoms with Gasteiger partial charge in [0.15, 0.2) is 0 Å². The fraction of sp³-hybridized carbons (Fsp3) is 0.688. The molecule has 0 unspecified atom stereocenters. The van der Waals surface area contributed by atoms with Gasteiger partial charge >= 0.3 is 5.97 Å². The molecule has 0 saturated carbocycles. The molecule has 0 aromatic carbocycles. The Balaban J connectivity index is 1.49.